The first kappa shape index (κ1) is 21.2. The number of hydrogen-bond donors (Lipinski definition) is 0. The molecule has 9 heteroatoms. The monoisotopic (exact) mass is 439 g/mol. The molecule has 0 atom stereocenters. The maximum absolute atomic E-state index is 12.8. The van der Waals surface area contributed by atoms with Gasteiger partial charge in [-0.15, -0.1) is 16.4 Å². The van der Waals surface area contributed by atoms with Crippen molar-refractivity contribution in [1.82, 2.24) is 24.8 Å². The van der Waals surface area contributed by atoms with Crippen molar-refractivity contribution in [3.05, 3.63) is 57.3 Å². The molecule has 1 aliphatic carbocycles. The number of allylic oxidation sites excluding steroid dienone is 2. The Morgan fingerprint density at radius 1 is 1.26 bits per heavy atom. The molecule has 0 fully saturated rings. The number of tetrazole rings is 1. The van der Waals surface area contributed by atoms with Crippen molar-refractivity contribution in [3.8, 4) is 5.69 Å². The van der Waals surface area contributed by atoms with Gasteiger partial charge in [-0.1, -0.05) is 11.6 Å². The predicted octanol–water partition coefficient (Wildman–Crippen LogP) is 4.07. The van der Waals surface area contributed by atoms with Gasteiger partial charge in [0.2, 0.25) is 5.78 Å². The lowest BCUT2D eigenvalue weighted by Crippen LogP contribution is -2.15. The van der Waals surface area contributed by atoms with Gasteiger partial charge in [-0.3, -0.25) is 4.79 Å². The van der Waals surface area contributed by atoms with E-state index in [4.69, 9.17) is 4.74 Å². The van der Waals surface area contributed by atoms with Crippen molar-refractivity contribution in [2.45, 2.75) is 52.5 Å². The SMILES string of the molecule is Cc1cc(C(=O)COC(=O)c2sccc2-n2cnnn2)c(C)n1CCC1=CCCCC1. The van der Waals surface area contributed by atoms with Gasteiger partial charge in [-0.05, 0) is 73.9 Å². The number of hydrogen-bond acceptors (Lipinski definition) is 7. The fourth-order valence-electron chi connectivity index (χ4n) is 4.00. The standard InChI is InChI=1S/C22H25N5O3S/c1-15-12-18(16(2)26(15)10-8-17-6-4-3-5-7-17)20(28)13-30-22(29)21-19(9-11-31-21)27-14-23-24-25-27/h6,9,11-12,14H,3-5,7-8,10,13H2,1-2H3. The lowest BCUT2D eigenvalue weighted by molar-refractivity contribution is 0.0479. The molecule has 8 nitrogen and oxygen atoms in total. The van der Waals surface area contributed by atoms with Crippen molar-refractivity contribution in [2.24, 2.45) is 0 Å². The molecule has 31 heavy (non-hydrogen) atoms. The van der Waals surface area contributed by atoms with Gasteiger partial charge < -0.3 is 9.30 Å². The summed E-state index contributed by atoms with van der Waals surface area (Å²) in [6.07, 6.45) is 9.68. The molecule has 0 unspecified atom stereocenters. The van der Waals surface area contributed by atoms with E-state index in [2.05, 4.69) is 26.2 Å². The molecule has 4 rings (SSSR count). The summed E-state index contributed by atoms with van der Waals surface area (Å²) in [6, 6.07) is 3.62. The van der Waals surface area contributed by atoms with Crippen molar-refractivity contribution in [3.63, 3.8) is 0 Å². The Hall–Kier alpha value is -3.07. The first-order valence-corrected chi connectivity index (χ1v) is 11.3. The van der Waals surface area contributed by atoms with Gasteiger partial charge in [-0.2, -0.15) is 4.68 Å². The summed E-state index contributed by atoms with van der Waals surface area (Å²) >= 11 is 1.22. The van der Waals surface area contributed by atoms with Gasteiger partial charge in [0.05, 0.1) is 5.69 Å². The Bertz CT molecular complexity index is 1110. The Labute approximate surface area is 184 Å². The largest absolute Gasteiger partial charge is 0.453 e. The van der Waals surface area contributed by atoms with Crippen LogP contribution in [0, 0.1) is 13.8 Å². The van der Waals surface area contributed by atoms with Crippen LogP contribution in [0.25, 0.3) is 5.69 Å². The molecular formula is C22H25N5O3S. The summed E-state index contributed by atoms with van der Waals surface area (Å²) in [5.41, 5.74) is 4.61. The van der Waals surface area contributed by atoms with E-state index in [1.807, 2.05) is 19.9 Å². The Balaban J connectivity index is 1.39. The zero-order valence-electron chi connectivity index (χ0n) is 17.7. The summed E-state index contributed by atoms with van der Waals surface area (Å²) in [5, 5.41) is 12.7. The minimum absolute atomic E-state index is 0.204. The van der Waals surface area contributed by atoms with E-state index in [-0.39, 0.29) is 12.4 Å². The second kappa shape index (κ2) is 9.38. The highest BCUT2D eigenvalue weighted by Crippen LogP contribution is 2.24. The number of esters is 1. The van der Waals surface area contributed by atoms with Crippen LogP contribution < -0.4 is 0 Å². The molecule has 3 aromatic heterocycles. The van der Waals surface area contributed by atoms with Gasteiger partial charge in [0.1, 0.15) is 11.2 Å². The summed E-state index contributed by atoms with van der Waals surface area (Å²) < 4.78 is 8.90. The number of ether oxygens (including phenoxy) is 1. The van der Waals surface area contributed by atoms with E-state index >= 15 is 0 Å². The van der Waals surface area contributed by atoms with Crippen LogP contribution in [0.4, 0.5) is 0 Å². The summed E-state index contributed by atoms with van der Waals surface area (Å²) in [5.74, 6) is -0.767. The Morgan fingerprint density at radius 3 is 2.87 bits per heavy atom. The molecule has 0 saturated heterocycles. The Kier molecular flexibility index (Phi) is 6.41. The molecule has 0 N–H and O–H groups in total. The number of carbonyl (C=O) groups excluding carboxylic acids is 2. The maximum atomic E-state index is 12.8. The molecule has 1 aliphatic rings. The van der Waals surface area contributed by atoms with Crippen LogP contribution in [-0.4, -0.2) is 43.1 Å². The second-order valence-electron chi connectivity index (χ2n) is 7.68. The van der Waals surface area contributed by atoms with E-state index in [1.54, 1.807) is 11.4 Å². The highest BCUT2D eigenvalue weighted by molar-refractivity contribution is 7.12. The average molecular weight is 440 g/mol. The molecule has 3 heterocycles. The zero-order chi connectivity index (χ0) is 21.8. The number of rotatable bonds is 8. The lowest BCUT2D eigenvalue weighted by Gasteiger charge is -2.15. The maximum Gasteiger partial charge on any atom is 0.351 e. The van der Waals surface area contributed by atoms with Gasteiger partial charge in [0, 0.05) is 23.5 Å². The number of ketones is 1. The minimum Gasteiger partial charge on any atom is -0.453 e. The van der Waals surface area contributed by atoms with Gasteiger partial charge in [0.15, 0.2) is 6.61 Å². The third-order valence-electron chi connectivity index (χ3n) is 5.68. The predicted molar refractivity (Wildman–Crippen MR) is 117 cm³/mol. The zero-order valence-corrected chi connectivity index (χ0v) is 18.5. The molecule has 0 amide bonds. The van der Waals surface area contributed by atoms with E-state index < -0.39 is 5.97 Å². The van der Waals surface area contributed by atoms with Crippen molar-refractivity contribution in [1.29, 1.82) is 0 Å². The minimum atomic E-state index is -0.563. The first-order valence-electron chi connectivity index (χ1n) is 10.4. The summed E-state index contributed by atoms with van der Waals surface area (Å²) in [4.78, 5) is 25.7. The number of aryl methyl sites for hydroxylation is 1. The highest BCUT2D eigenvalue weighted by Gasteiger charge is 2.21. The van der Waals surface area contributed by atoms with E-state index in [0.717, 1.165) is 24.4 Å². The number of carbonyl (C=O) groups is 2. The topological polar surface area (TPSA) is 91.9 Å². The lowest BCUT2D eigenvalue weighted by atomic mass is 9.97. The first-order chi connectivity index (χ1) is 15.0. The third kappa shape index (κ3) is 4.66. The third-order valence-corrected chi connectivity index (χ3v) is 6.56. The molecule has 0 radical (unpaired) electrons. The number of aromatic nitrogens is 5. The second-order valence-corrected chi connectivity index (χ2v) is 8.60. The molecule has 0 aliphatic heterocycles. The Morgan fingerprint density at radius 2 is 2.13 bits per heavy atom. The van der Waals surface area contributed by atoms with Gasteiger partial charge in [-0.25, -0.2) is 4.79 Å². The number of Topliss-reactive ketones (excluding diaryl/α,β-unsaturated/α-hetero) is 1. The van der Waals surface area contributed by atoms with E-state index in [9.17, 15) is 9.59 Å². The highest BCUT2D eigenvalue weighted by atomic mass is 32.1. The van der Waals surface area contributed by atoms with Gasteiger partial charge in [0.25, 0.3) is 0 Å². The molecule has 0 bridgehead atoms. The van der Waals surface area contributed by atoms with Gasteiger partial charge >= 0.3 is 5.97 Å². The molecule has 0 spiro atoms. The van der Waals surface area contributed by atoms with E-state index in [1.165, 1.54) is 53.6 Å². The number of thiophene rings is 1. The quantitative estimate of drug-likeness (QED) is 0.298. The summed E-state index contributed by atoms with van der Waals surface area (Å²) in [7, 11) is 0. The van der Waals surface area contributed by atoms with Crippen LogP contribution >= 0.6 is 11.3 Å². The molecular weight excluding hydrogens is 414 g/mol. The van der Waals surface area contributed by atoms with Crippen LogP contribution in [0.15, 0.2) is 35.5 Å². The van der Waals surface area contributed by atoms with Crippen LogP contribution in [0.5, 0.6) is 0 Å². The normalized spacial score (nSPS) is 13.8. The average Bonchev–Trinajstić information content (AvgIpc) is 3.52. The van der Waals surface area contributed by atoms with Crippen LogP contribution in [0.3, 0.4) is 0 Å². The fraction of sp³-hybridized carbons (Fsp3) is 0.409. The fourth-order valence-corrected chi connectivity index (χ4v) is 4.77. The van der Waals surface area contributed by atoms with Crippen molar-refractivity contribution < 1.29 is 14.3 Å². The smallest absolute Gasteiger partial charge is 0.351 e. The molecule has 3 aromatic rings. The van der Waals surface area contributed by atoms with E-state index in [0.29, 0.717) is 16.1 Å². The van der Waals surface area contributed by atoms with Crippen molar-refractivity contribution >= 4 is 23.1 Å². The molecule has 0 saturated carbocycles. The number of nitrogens with zero attached hydrogens (tertiary/aromatic N) is 5. The van der Waals surface area contributed by atoms with Crippen LogP contribution in [0.1, 0.15) is 63.5 Å². The molecule has 162 valence electrons. The van der Waals surface area contributed by atoms with Crippen LogP contribution in [0.2, 0.25) is 0 Å². The summed E-state index contributed by atoms with van der Waals surface area (Å²) in [6.45, 7) is 4.52. The van der Waals surface area contributed by atoms with Crippen molar-refractivity contribution in [2.75, 3.05) is 6.61 Å². The molecule has 0 aromatic carbocycles. The van der Waals surface area contributed by atoms with Crippen LogP contribution in [-0.2, 0) is 11.3 Å².